The van der Waals surface area contributed by atoms with Crippen molar-refractivity contribution >= 4 is 29.4 Å². The van der Waals surface area contributed by atoms with Crippen LogP contribution in [0.2, 0.25) is 0 Å². The summed E-state index contributed by atoms with van der Waals surface area (Å²) in [5.41, 5.74) is 3.07. The van der Waals surface area contributed by atoms with E-state index in [9.17, 15) is 29.2 Å². The molecule has 13 nitrogen and oxygen atoms in total. The van der Waals surface area contributed by atoms with E-state index in [0.717, 1.165) is 0 Å². The maximum absolute atomic E-state index is 14.1. The van der Waals surface area contributed by atoms with Crippen LogP contribution in [-0.2, 0) is 25.5 Å². The highest BCUT2D eigenvalue weighted by atomic mass is 16.7. The molecule has 0 aromatic heterocycles. The number of hydrogen-bond donors (Lipinski definition) is 0. The summed E-state index contributed by atoms with van der Waals surface area (Å²) in [5.74, 6) is -1.23. The lowest BCUT2D eigenvalue weighted by atomic mass is 9.68. The van der Waals surface area contributed by atoms with Gasteiger partial charge in [-0.25, -0.2) is 0 Å². The lowest BCUT2D eigenvalue weighted by molar-refractivity contribution is -0.132. The monoisotopic (exact) mass is 664 g/mol. The molecule has 2 bridgehead atoms. The van der Waals surface area contributed by atoms with E-state index in [4.69, 9.17) is 18.9 Å². The van der Waals surface area contributed by atoms with Crippen molar-refractivity contribution in [3.63, 3.8) is 0 Å². The number of likely N-dealkylation sites (N-methyl/N-ethyl adjacent to an activating group) is 1. The van der Waals surface area contributed by atoms with E-state index < -0.39 is 53.8 Å². The van der Waals surface area contributed by atoms with Gasteiger partial charge in [-0.3, -0.25) is 38.7 Å². The second-order valence-electron chi connectivity index (χ2n) is 13.2. The van der Waals surface area contributed by atoms with Crippen LogP contribution in [0.25, 0.3) is 0 Å². The number of allylic oxidation sites excluding steroid dienone is 2. The molecular formula is C36H32N4O9. The van der Waals surface area contributed by atoms with Gasteiger partial charge in [-0.15, -0.1) is 0 Å². The predicted molar refractivity (Wildman–Crippen MR) is 169 cm³/mol. The number of Topliss-reactive ketones (excluding diaryl/α,β-unsaturated/α-hetero) is 2. The summed E-state index contributed by atoms with van der Waals surface area (Å²) in [5, 5.41) is 10.9. The zero-order chi connectivity index (χ0) is 34.6. The molecule has 49 heavy (non-hydrogen) atoms. The van der Waals surface area contributed by atoms with Crippen LogP contribution < -0.4 is 14.2 Å². The first-order chi connectivity index (χ1) is 23.5. The van der Waals surface area contributed by atoms with Crippen molar-refractivity contribution in [1.82, 2.24) is 14.7 Å². The number of carbonyl (C=O) groups is 5. The Balaban J connectivity index is 1.37. The van der Waals surface area contributed by atoms with Crippen LogP contribution in [-0.4, -0.2) is 95.7 Å². The molecule has 8 rings (SSSR count). The van der Waals surface area contributed by atoms with Gasteiger partial charge in [0.25, 0.3) is 11.8 Å². The Morgan fingerprint density at radius 2 is 1.67 bits per heavy atom. The summed E-state index contributed by atoms with van der Waals surface area (Å²) in [7, 11) is 3.19. The fourth-order valence-electron chi connectivity index (χ4n) is 8.87. The second-order valence-corrected chi connectivity index (χ2v) is 13.2. The topological polar surface area (TPSA) is 156 Å². The molecule has 4 unspecified atom stereocenters. The number of imide groups is 1. The Labute approximate surface area is 281 Å². The third-order valence-electron chi connectivity index (χ3n) is 10.9. The van der Waals surface area contributed by atoms with E-state index in [0.29, 0.717) is 39.3 Å². The third-order valence-corrected chi connectivity index (χ3v) is 10.9. The molecule has 2 aromatic rings. The Morgan fingerprint density at radius 3 is 2.31 bits per heavy atom. The SMILES string of the molecule is COC1=C(C)C(=O)C2=C(C1=O)C1C3Cc4c(OC(C)=O)c(C)c5c(c4[C@H](CN4C(=O)c6ccccc6C4=O)N3C(C#N)C(C2)N1C)OCO5. The molecule has 1 fully saturated rings. The quantitative estimate of drug-likeness (QED) is 0.204. The minimum atomic E-state index is -0.847. The Kier molecular flexibility index (Phi) is 6.86. The van der Waals surface area contributed by atoms with Gasteiger partial charge in [0.1, 0.15) is 11.8 Å². The van der Waals surface area contributed by atoms with E-state index in [1.165, 1.54) is 18.9 Å². The number of nitriles is 1. The van der Waals surface area contributed by atoms with E-state index in [-0.39, 0.29) is 60.2 Å². The van der Waals surface area contributed by atoms with Gasteiger partial charge in [-0.1, -0.05) is 12.1 Å². The minimum absolute atomic E-state index is 0.0249. The fraction of sp³-hybridized carbons (Fsp3) is 0.389. The van der Waals surface area contributed by atoms with Crippen LogP contribution in [0.4, 0.5) is 0 Å². The van der Waals surface area contributed by atoms with Crippen molar-refractivity contribution in [3.05, 3.63) is 74.6 Å². The lowest BCUT2D eigenvalue weighted by Crippen LogP contribution is -2.72. The van der Waals surface area contributed by atoms with Gasteiger partial charge >= 0.3 is 5.97 Å². The summed E-state index contributed by atoms with van der Waals surface area (Å²) < 4.78 is 23.3. The maximum atomic E-state index is 14.1. The number of ether oxygens (including phenoxy) is 4. The molecule has 5 heterocycles. The van der Waals surface area contributed by atoms with E-state index in [1.54, 1.807) is 38.1 Å². The summed E-state index contributed by atoms with van der Waals surface area (Å²) in [6.45, 7) is 4.33. The summed E-state index contributed by atoms with van der Waals surface area (Å²) in [6.07, 6.45) is 0.316. The van der Waals surface area contributed by atoms with Gasteiger partial charge in [0.05, 0.1) is 36.4 Å². The van der Waals surface area contributed by atoms with Crippen LogP contribution in [0.15, 0.2) is 46.7 Å². The lowest BCUT2D eigenvalue weighted by Gasteiger charge is -2.60. The number of benzene rings is 2. The predicted octanol–water partition coefficient (Wildman–Crippen LogP) is 2.56. The normalized spacial score (nSPS) is 27.1. The number of esters is 1. The van der Waals surface area contributed by atoms with Gasteiger partial charge in [-0.05, 0) is 45.9 Å². The van der Waals surface area contributed by atoms with Crippen molar-refractivity contribution in [2.75, 3.05) is 27.5 Å². The Hall–Kier alpha value is -5.32. The average molecular weight is 665 g/mol. The molecular weight excluding hydrogens is 632 g/mol. The van der Waals surface area contributed by atoms with Crippen LogP contribution in [0, 0.1) is 18.3 Å². The van der Waals surface area contributed by atoms with E-state index in [1.807, 2.05) is 16.8 Å². The third kappa shape index (κ3) is 4.07. The summed E-state index contributed by atoms with van der Waals surface area (Å²) in [4.78, 5) is 73.2. The number of hydrogen-bond acceptors (Lipinski definition) is 12. The number of piperazine rings is 1. The Morgan fingerprint density at radius 1 is 1.00 bits per heavy atom. The van der Waals surface area contributed by atoms with Gasteiger partial charge in [0.15, 0.2) is 23.0 Å². The van der Waals surface area contributed by atoms with Gasteiger partial charge < -0.3 is 18.9 Å². The van der Waals surface area contributed by atoms with Crippen LogP contribution in [0.5, 0.6) is 17.2 Å². The zero-order valence-electron chi connectivity index (χ0n) is 27.5. The molecule has 0 N–H and O–H groups in total. The van der Waals surface area contributed by atoms with Crippen LogP contribution in [0.3, 0.4) is 0 Å². The number of amides is 2. The van der Waals surface area contributed by atoms with Crippen molar-refractivity contribution in [2.45, 2.75) is 63.8 Å². The molecule has 250 valence electrons. The molecule has 5 aliphatic heterocycles. The van der Waals surface area contributed by atoms with E-state index >= 15 is 0 Å². The first kappa shape index (κ1) is 31.0. The summed E-state index contributed by atoms with van der Waals surface area (Å²) >= 11 is 0. The molecule has 1 aliphatic carbocycles. The maximum Gasteiger partial charge on any atom is 0.308 e. The number of rotatable bonds is 4. The minimum Gasteiger partial charge on any atom is -0.492 e. The van der Waals surface area contributed by atoms with Crippen LogP contribution >= 0.6 is 0 Å². The molecule has 2 aromatic carbocycles. The van der Waals surface area contributed by atoms with Gasteiger partial charge in [0, 0.05) is 59.0 Å². The average Bonchev–Trinajstić information content (AvgIpc) is 3.66. The molecule has 13 heteroatoms. The molecule has 0 radical (unpaired) electrons. The number of ketones is 2. The molecule has 5 atom stereocenters. The molecule has 6 aliphatic rings. The summed E-state index contributed by atoms with van der Waals surface area (Å²) in [6, 6.07) is 5.51. The first-order valence-electron chi connectivity index (χ1n) is 16.0. The van der Waals surface area contributed by atoms with Crippen LogP contribution in [0.1, 0.15) is 63.7 Å². The van der Waals surface area contributed by atoms with Gasteiger partial charge in [0.2, 0.25) is 12.6 Å². The van der Waals surface area contributed by atoms with Gasteiger partial charge in [-0.2, -0.15) is 5.26 Å². The smallest absolute Gasteiger partial charge is 0.308 e. The zero-order valence-corrected chi connectivity index (χ0v) is 27.5. The highest BCUT2D eigenvalue weighted by Gasteiger charge is 2.59. The van der Waals surface area contributed by atoms with Crippen molar-refractivity contribution in [3.8, 4) is 23.3 Å². The van der Waals surface area contributed by atoms with Crippen molar-refractivity contribution in [2.24, 2.45) is 0 Å². The molecule has 0 spiro atoms. The van der Waals surface area contributed by atoms with E-state index in [2.05, 4.69) is 6.07 Å². The fourth-order valence-corrected chi connectivity index (χ4v) is 8.87. The van der Waals surface area contributed by atoms with Crippen molar-refractivity contribution < 1.29 is 42.9 Å². The first-order valence-corrected chi connectivity index (χ1v) is 16.0. The standard InChI is InChI=1S/C36H32N4O9/c1-15-29(42)20-10-22-24(12-37)40-23(28(38(22)4)27(20)30(43)32(15)46-5)11-21-26(34-33(47-14-48-34)16(2)31(21)49-17(3)41)25(40)13-39-35(44)18-8-6-7-9-19(18)36(39)45/h6-9,22-25,28H,10-11,13-14H2,1-5H3/t22?,23?,24?,25-,28?/m0/s1. The highest BCUT2D eigenvalue weighted by Crippen LogP contribution is 2.56. The van der Waals surface area contributed by atoms with Crippen molar-refractivity contribution in [1.29, 1.82) is 5.26 Å². The molecule has 1 saturated heterocycles. The highest BCUT2D eigenvalue weighted by molar-refractivity contribution is 6.25. The number of methoxy groups -OCH3 is 1. The molecule has 0 saturated carbocycles. The Bertz CT molecular complexity index is 2020. The number of nitrogens with zero attached hydrogens (tertiary/aromatic N) is 4. The second kappa shape index (κ2) is 10.8. The number of fused-ring (bicyclic) bond motifs is 9. The largest absolute Gasteiger partial charge is 0.492 e. The number of carbonyl (C=O) groups excluding carboxylic acids is 5. The molecule has 2 amide bonds.